The zero-order chi connectivity index (χ0) is 41.9. The van der Waals surface area contributed by atoms with Crippen LogP contribution in [0.4, 0.5) is 0 Å². The fourth-order valence-electron chi connectivity index (χ4n) is 10.4. The van der Waals surface area contributed by atoms with E-state index in [-0.39, 0.29) is 0 Å². The highest BCUT2D eigenvalue weighted by Gasteiger charge is 2.24. The molecule has 64 heavy (non-hydrogen) atoms. The van der Waals surface area contributed by atoms with Crippen LogP contribution in [0.15, 0.2) is 217 Å². The van der Waals surface area contributed by atoms with E-state index in [2.05, 4.69) is 214 Å². The molecular formula is C58H35N5O. The molecule has 6 heteroatoms. The molecule has 9 aromatic carbocycles. The maximum atomic E-state index is 6.36. The standard InChI is InChI=1S/C58H35N5O/c1-8-24-47-38(16-1)39-17-2-9-25-48(39)61(47)53-30-15-23-37(36-32-33-55-45(34-36)44-22-7-14-31-54(44)64-55)57(53)46-35-56(62-49-26-10-3-18-40(49)41-19-4-11-27-50(41)62)60-58(59-46)63-51-28-12-5-20-42(51)43-21-6-13-29-52(43)63/h1-35H. The topological polar surface area (TPSA) is 53.7 Å². The lowest BCUT2D eigenvalue weighted by Crippen LogP contribution is -2.09. The first kappa shape index (κ1) is 34.9. The molecule has 0 unspecified atom stereocenters. The Bertz CT molecular complexity index is 3930. The van der Waals surface area contributed by atoms with E-state index in [1.807, 2.05) is 12.1 Å². The summed E-state index contributed by atoms with van der Waals surface area (Å²) in [6, 6.07) is 75.5. The Morgan fingerprint density at radius 3 is 1.33 bits per heavy atom. The zero-order valence-electron chi connectivity index (χ0n) is 34.4. The SMILES string of the molecule is c1cc(-c2ccc3oc4ccccc4c3c2)c(-c2cc(-n3c4ccccc4c4ccccc43)nc(-n3c4ccccc4c4ccccc43)n2)c(-n2c3ccccc3c3ccccc32)c1. The first-order valence-electron chi connectivity index (χ1n) is 21.7. The smallest absolute Gasteiger partial charge is 0.237 e. The van der Waals surface area contributed by atoms with Gasteiger partial charge in [0, 0.05) is 54.7 Å². The summed E-state index contributed by atoms with van der Waals surface area (Å²) in [7, 11) is 0. The molecule has 0 bridgehead atoms. The van der Waals surface area contributed by atoms with Gasteiger partial charge in [-0.3, -0.25) is 9.13 Å². The average Bonchev–Trinajstić information content (AvgIpc) is 4.10. The van der Waals surface area contributed by atoms with Gasteiger partial charge in [0.25, 0.3) is 0 Å². The van der Waals surface area contributed by atoms with E-state index in [1.165, 1.54) is 21.5 Å². The molecule has 5 heterocycles. The minimum Gasteiger partial charge on any atom is -0.456 e. The van der Waals surface area contributed by atoms with Crippen LogP contribution in [0.25, 0.3) is 127 Å². The predicted molar refractivity (Wildman–Crippen MR) is 263 cm³/mol. The van der Waals surface area contributed by atoms with Gasteiger partial charge in [-0.15, -0.1) is 0 Å². The highest BCUT2D eigenvalue weighted by molar-refractivity contribution is 6.13. The van der Waals surface area contributed by atoms with Crippen molar-refractivity contribution in [2.45, 2.75) is 0 Å². The van der Waals surface area contributed by atoms with Gasteiger partial charge in [-0.05, 0) is 71.8 Å². The number of furan rings is 1. The molecule has 0 fully saturated rings. The van der Waals surface area contributed by atoms with Crippen LogP contribution in [0.2, 0.25) is 0 Å². The number of hydrogen-bond acceptors (Lipinski definition) is 3. The molecule has 0 N–H and O–H groups in total. The van der Waals surface area contributed by atoms with Crippen LogP contribution >= 0.6 is 0 Å². The Balaban J connectivity index is 1.15. The van der Waals surface area contributed by atoms with E-state index in [4.69, 9.17) is 14.4 Å². The summed E-state index contributed by atoms with van der Waals surface area (Å²) < 4.78 is 13.3. The van der Waals surface area contributed by atoms with Gasteiger partial charge in [-0.1, -0.05) is 146 Å². The molecule has 5 aromatic heterocycles. The second-order valence-corrected chi connectivity index (χ2v) is 16.5. The van der Waals surface area contributed by atoms with Crippen LogP contribution in [-0.4, -0.2) is 23.7 Å². The molecule has 0 aliphatic heterocycles. The molecule has 298 valence electrons. The summed E-state index contributed by atoms with van der Waals surface area (Å²) in [5.41, 5.74) is 13.1. The van der Waals surface area contributed by atoms with E-state index in [9.17, 15) is 0 Å². The molecule has 6 nitrogen and oxygen atoms in total. The van der Waals surface area contributed by atoms with Gasteiger partial charge >= 0.3 is 0 Å². The monoisotopic (exact) mass is 817 g/mol. The van der Waals surface area contributed by atoms with Gasteiger partial charge in [0.1, 0.15) is 17.0 Å². The Morgan fingerprint density at radius 1 is 0.328 bits per heavy atom. The summed E-state index contributed by atoms with van der Waals surface area (Å²) in [5.74, 6) is 1.37. The van der Waals surface area contributed by atoms with Crippen molar-refractivity contribution < 1.29 is 4.42 Å². The van der Waals surface area contributed by atoms with Crippen molar-refractivity contribution in [1.82, 2.24) is 23.7 Å². The van der Waals surface area contributed by atoms with Crippen LogP contribution in [0.3, 0.4) is 0 Å². The minimum absolute atomic E-state index is 0.589. The molecule has 0 atom stereocenters. The van der Waals surface area contributed by atoms with Gasteiger partial charge in [-0.25, -0.2) is 4.98 Å². The van der Waals surface area contributed by atoms with Crippen molar-refractivity contribution in [3.63, 3.8) is 0 Å². The first-order chi connectivity index (χ1) is 31.8. The fourth-order valence-corrected chi connectivity index (χ4v) is 10.4. The fraction of sp³-hybridized carbons (Fsp3) is 0. The lowest BCUT2D eigenvalue weighted by molar-refractivity contribution is 0.669. The van der Waals surface area contributed by atoms with Crippen molar-refractivity contribution in [3.8, 4) is 39.8 Å². The molecule has 14 aromatic rings. The van der Waals surface area contributed by atoms with E-state index in [1.54, 1.807) is 0 Å². The predicted octanol–water partition coefficient (Wildman–Crippen LogP) is 15.0. The number of hydrogen-bond donors (Lipinski definition) is 0. The van der Waals surface area contributed by atoms with Crippen molar-refractivity contribution in [2.24, 2.45) is 0 Å². The maximum absolute atomic E-state index is 6.36. The Hall–Kier alpha value is -8.74. The quantitative estimate of drug-likeness (QED) is 0.174. The Kier molecular flexibility index (Phi) is 7.30. The van der Waals surface area contributed by atoms with Crippen LogP contribution in [-0.2, 0) is 0 Å². The molecule has 0 aliphatic carbocycles. The van der Waals surface area contributed by atoms with Crippen LogP contribution in [0, 0.1) is 0 Å². The molecule has 0 radical (unpaired) electrons. The summed E-state index contributed by atoms with van der Waals surface area (Å²) in [4.78, 5) is 11.3. The third kappa shape index (κ3) is 4.96. The van der Waals surface area contributed by atoms with E-state index < -0.39 is 0 Å². The summed E-state index contributed by atoms with van der Waals surface area (Å²) in [6.45, 7) is 0. The van der Waals surface area contributed by atoms with Crippen molar-refractivity contribution in [1.29, 1.82) is 0 Å². The number of para-hydroxylation sites is 7. The second kappa shape index (κ2) is 13.4. The molecule has 0 aliphatic rings. The summed E-state index contributed by atoms with van der Waals surface area (Å²) >= 11 is 0. The molecule has 0 saturated heterocycles. The number of rotatable bonds is 5. The largest absolute Gasteiger partial charge is 0.456 e. The van der Waals surface area contributed by atoms with Crippen molar-refractivity contribution in [3.05, 3.63) is 212 Å². The van der Waals surface area contributed by atoms with Gasteiger partial charge in [-0.2, -0.15) is 4.98 Å². The minimum atomic E-state index is 0.589. The average molecular weight is 818 g/mol. The lowest BCUT2D eigenvalue weighted by atomic mass is 9.94. The molecule has 0 spiro atoms. The number of aromatic nitrogens is 5. The number of nitrogens with zero attached hydrogens (tertiary/aromatic N) is 5. The number of benzene rings is 9. The molecule has 0 amide bonds. The highest BCUT2D eigenvalue weighted by atomic mass is 16.3. The Labute approximate surface area is 366 Å². The summed E-state index contributed by atoms with van der Waals surface area (Å²) in [5, 5.41) is 9.19. The Morgan fingerprint density at radius 2 is 0.781 bits per heavy atom. The molecule has 0 saturated carbocycles. The van der Waals surface area contributed by atoms with Crippen molar-refractivity contribution >= 4 is 87.4 Å². The molecule has 14 rings (SSSR count). The van der Waals surface area contributed by atoms with Gasteiger partial charge < -0.3 is 8.98 Å². The van der Waals surface area contributed by atoms with Crippen LogP contribution in [0.1, 0.15) is 0 Å². The second-order valence-electron chi connectivity index (χ2n) is 16.5. The van der Waals surface area contributed by atoms with Gasteiger partial charge in [0.2, 0.25) is 5.95 Å². The third-order valence-electron chi connectivity index (χ3n) is 13.1. The van der Waals surface area contributed by atoms with Gasteiger partial charge in [0.05, 0.1) is 44.5 Å². The van der Waals surface area contributed by atoms with E-state index >= 15 is 0 Å². The lowest BCUT2D eigenvalue weighted by Gasteiger charge is -2.20. The van der Waals surface area contributed by atoms with Crippen LogP contribution in [0.5, 0.6) is 0 Å². The third-order valence-corrected chi connectivity index (χ3v) is 13.1. The normalized spacial score (nSPS) is 12.1. The van der Waals surface area contributed by atoms with E-state index in [0.717, 1.165) is 99.7 Å². The van der Waals surface area contributed by atoms with Crippen LogP contribution < -0.4 is 0 Å². The first-order valence-corrected chi connectivity index (χ1v) is 21.7. The van der Waals surface area contributed by atoms with Gasteiger partial charge in [0.15, 0.2) is 0 Å². The summed E-state index contributed by atoms with van der Waals surface area (Å²) in [6.07, 6.45) is 0. The zero-order valence-corrected chi connectivity index (χ0v) is 34.4. The highest BCUT2D eigenvalue weighted by Crippen LogP contribution is 2.44. The van der Waals surface area contributed by atoms with Crippen molar-refractivity contribution in [2.75, 3.05) is 0 Å². The van der Waals surface area contributed by atoms with E-state index in [0.29, 0.717) is 5.95 Å². The molecular weight excluding hydrogens is 783 g/mol. The maximum Gasteiger partial charge on any atom is 0.237 e. The number of fused-ring (bicyclic) bond motifs is 12.